The molecule has 566 valence electrons. The highest BCUT2D eigenvalue weighted by Crippen LogP contribution is 2.51. The molecule has 24 aromatic rings. The first-order valence-corrected chi connectivity index (χ1v) is 42.9. The molecule has 0 aliphatic carbocycles. The Labute approximate surface area is 711 Å². The number of benzene rings is 20. The predicted octanol–water partition coefficient (Wildman–Crippen LogP) is 31.4. The molecule has 0 radical (unpaired) electrons. The lowest BCUT2D eigenvalue weighted by molar-refractivity contribution is 1.08. The summed E-state index contributed by atoms with van der Waals surface area (Å²) in [5.74, 6) is 3.67. The minimum absolute atomic E-state index is 0.590. The number of rotatable bonds is 13. The van der Waals surface area contributed by atoms with E-state index >= 15 is 0 Å². The maximum absolute atomic E-state index is 5.75. The van der Waals surface area contributed by atoms with E-state index in [-0.39, 0.29) is 0 Å². The van der Waals surface area contributed by atoms with Gasteiger partial charge in [-0.05, 0) is 203 Å². The second-order valence-corrected chi connectivity index (χ2v) is 33.5. The van der Waals surface area contributed by atoms with E-state index < -0.39 is 0 Å². The molecule has 0 saturated heterocycles. The number of fused-ring (bicyclic) bond motifs is 13. The molecule has 0 unspecified atom stereocenters. The predicted molar refractivity (Wildman–Crippen MR) is 515 cm³/mol. The number of hydrogen-bond acceptors (Lipinski definition) is 8. The number of nitrogens with zero attached hydrogens (tertiary/aromatic N) is 6. The van der Waals surface area contributed by atoms with E-state index in [4.69, 9.17) is 29.9 Å². The van der Waals surface area contributed by atoms with Crippen LogP contribution in [0.4, 0.5) is 0 Å². The molecule has 0 aliphatic rings. The van der Waals surface area contributed by atoms with Crippen LogP contribution in [0.5, 0.6) is 0 Å². The lowest BCUT2D eigenvalue weighted by atomic mass is 9.82. The van der Waals surface area contributed by atoms with Crippen LogP contribution in [0.3, 0.4) is 0 Å². The van der Waals surface area contributed by atoms with Crippen molar-refractivity contribution < 1.29 is 0 Å². The topological polar surface area (TPSA) is 77.3 Å². The smallest absolute Gasteiger partial charge is 0.165 e. The van der Waals surface area contributed by atoms with Crippen LogP contribution < -0.4 is 0 Å². The van der Waals surface area contributed by atoms with Crippen LogP contribution in [0, 0.1) is 0 Å². The fourth-order valence-electron chi connectivity index (χ4n) is 18.7. The molecule has 122 heavy (non-hydrogen) atoms. The first-order chi connectivity index (χ1) is 60.5. The van der Waals surface area contributed by atoms with Gasteiger partial charge in [-0.3, -0.25) is 0 Å². The van der Waals surface area contributed by atoms with Crippen molar-refractivity contribution in [2.45, 2.75) is 0 Å². The van der Waals surface area contributed by atoms with Crippen LogP contribution >= 0.6 is 22.7 Å². The van der Waals surface area contributed by atoms with E-state index in [1.54, 1.807) is 22.7 Å². The molecule has 0 amide bonds. The number of aromatic nitrogens is 6. The van der Waals surface area contributed by atoms with Crippen molar-refractivity contribution in [1.29, 1.82) is 0 Å². The molecule has 0 N–H and O–H groups in total. The summed E-state index contributed by atoms with van der Waals surface area (Å²) in [4.78, 5) is 32.9. The lowest BCUT2D eigenvalue weighted by Crippen LogP contribution is -2.01. The van der Waals surface area contributed by atoms with Gasteiger partial charge in [-0.25, -0.2) is 29.9 Å². The third-order valence-corrected chi connectivity index (χ3v) is 26.8. The van der Waals surface area contributed by atoms with E-state index in [2.05, 4.69) is 388 Å². The van der Waals surface area contributed by atoms with Crippen LogP contribution in [0.25, 0.3) is 251 Å². The zero-order chi connectivity index (χ0) is 80.3. The second-order valence-electron chi connectivity index (χ2n) is 31.4. The fourth-order valence-corrected chi connectivity index (χ4v) is 21.1. The van der Waals surface area contributed by atoms with Crippen molar-refractivity contribution in [2.75, 3.05) is 0 Å². The van der Waals surface area contributed by atoms with E-state index in [1.807, 2.05) is 24.3 Å². The monoisotopic (exact) mass is 1580 g/mol. The lowest BCUT2D eigenvalue weighted by Gasteiger charge is -2.21. The molecule has 8 heteroatoms. The van der Waals surface area contributed by atoms with Crippen LogP contribution in [-0.4, -0.2) is 29.9 Å². The van der Waals surface area contributed by atoms with Gasteiger partial charge in [0.05, 0.1) is 0 Å². The SMILES string of the molecule is c1ccc(-c2nc(-c3ccc(-c4c(-c5c(-c6ccccc6)ccc6ccccc56)ccc5ccccc45)c4ccccc34)nc(-c3cc(-c4ccc(-c5ccccc5)c(-c5ccc6cc(-c7ccc(-c8nc(-c9ccccc9)nc(-c9cccc%10c9sc9ccccc9%10)n8)c8ccccc78)c7ccccc7c6c5)c4)cc4c3sc3ccccc34)n2)cc1. The van der Waals surface area contributed by atoms with Gasteiger partial charge in [0, 0.05) is 73.7 Å². The molecular weight excluding hydrogens is 1520 g/mol. The van der Waals surface area contributed by atoms with E-state index in [9.17, 15) is 0 Å². The van der Waals surface area contributed by atoms with Gasteiger partial charge in [0.2, 0.25) is 0 Å². The summed E-state index contributed by atoms with van der Waals surface area (Å²) in [6.45, 7) is 0. The van der Waals surface area contributed by atoms with Crippen LogP contribution in [0.15, 0.2) is 413 Å². The Balaban J connectivity index is 0.650. The highest BCUT2D eigenvalue weighted by Gasteiger charge is 2.27. The zero-order valence-electron chi connectivity index (χ0n) is 65.8. The van der Waals surface area contributed by atoms with Crippen LogP contribution in [0.1, 0.15) is 0 Å². The molecule has 0 fully saturated rings. The Hall–Kier alpha value is -15.6. The Kier molecular flexibility index (Phi) is 16.9. The Morgan fingerprint density at radius 1 is 0.139 bits per heavy atom. The molecule has 4 heterocycles. The zero-order valence-corrected chi connectivity index (χ0v) is 67.4. The second kappa shape index (κ2) is 29.2. The molecule has 20 aromatic carbocycles. The minimum atomic E-state index is 0.590. The molecule has 0 aliphatic heterocycles. The maximum atomic E-state index is 5.75. The standard InChI is InChI=1S/C114H68N6S2/c1-5-28-69(29-6-1)79-57-56-75(64-98(79)76-52-53-77-66-100(88-45-22-21-44-87(88)99(77)65-76)89-60-62-94(85-42-19-17-40-83(85)89)111-115-109(73-34-9-3-10-35-73)117-113(119-111)97-49-27-48-93-90-46-23-25-50-103(90)121-107(93)97)78-67-101-91-47-24-26-51-104(91)122-108(101)102(68-78)114-118-110(74-36-11-4-12-37-74)116-112(120-114)95-63-61-92(84-41-18-20-43-86(84)95)106-81-39-16-14-33-72(81)55-59-96(106)105-80-38-15-13-32-71(80)54-58-82(105)70-30-7-2-8-31-70/h1-68H. The molecule has 6 nitrogen and oxygen atoms in total. The third-order valence-electron chi connectivity index (χ3n) is 24.4. The summed E-state index contributed by atoms with van der Waals surface area (Å²) in [5.41, 5.74) is 21.5. The number of hydrogen-bond donors (Lipinski definition) is 0. The normalized spacial score (nSPS) is 11.8. The molecule has 0 bridgehead atoms. The van der Waals surface area contributed by atoms with Gasteiger partial charge < -0.3 is 0 Å². The Morgan fingerprint density at radius 2 is 0.508 bits per heavy atom. The van der Waals surface area contributed by atoms with Gasteiger partial charge in [0.1, 0.15) is 0 Å². The summed E-state index contributed by atoms with van der Waals surface area (Å²) >= 11 is 3.57. The van der Waals surface area contributed by atoms with Gasteiger partial charge in [-0.15, -0.1) is 22.7 Å². The first-order valence-electron chi connectivity index (χ1n) is 41.3. The van der Waals surface area contributed by atoms with Gasteiger partial charge >= 0.3 is 0 Å². The van der Waals surface area contributed by atoms with Crippen molar-refractivity contribution in [1.82, 2.24) is 29.9 Å². The summed E-state index contributed by atoms with van der Waals surface area (Å²) in [6.07, 6.45) is 0. The Morgan fingerprint density at radius 3 is 1.10 bits per heavy atom. The van der Waals surface area contributed by atoms with Crippen molar-refractivity contribution >= 4 is 128 Å². The van der Waals surface area contributed by atoms with Gasteiger partial charge in [-0.2, -0.15) is 0 Å². The molecule has 0 spiro atoms. The molecule has 24 rings (SSSR count). The van der Waals surface area contributed by atoms with Crippen molar-refractivity contribution in [2.24, 2.45) is 0 Å². The van der Waals surface area contributed by atoms with Crippen molar-refractivity contribution in [3.63, 3.8) is 0 Å². The molecular formula is C114H68N6S2. The van der Waals surface area contributed by atoms with E-state index in [0.29, 0.717) is 34.9 Å². The van der Waals surface area contributed by atoms with Crippen molar-refractivity contribution in [3.05, 3.63) is 413 Å². The first kappa shape index (κ1) is 70.6. The van der Waals surface area contributed by atoms with Crippen LogP contribution in [0.2, 0.25) is 0 Å². The number of thiophene rings is 2. The Bertz CT molecular complexity index is 8390. The average molecular weight is 1590 g/mol. The fraction of sp³-hybridized carbons (Fsp3) is 0. The summed E-state index contributed by atoms with van der Waals surface area (Å²) < 4.78 is 4.68. The summed E-state index contributed by atoms with van der Waals surface area (Å²) in [7, 11) is 0. The highest BCUT2D eigenvalue weighted by molar-refractivity contribution is 7.26. The van der Waals surface area contributed by atoms with Gasteiger partial charge in [-0.1, -0.05) is 352 Å². The summed E-state index contributed by atoms with van der Waals surface area (Å²) in [5, 5.41) is 18.4. The van der Waals surface area contributed by atoms with Gasteiger partial charge in [0.25, 0.3) is 0 Å². The summed E-state index contributed by atoms with van der Waals surface area (Å²) in [6, 6.07) is 150. The largest absolute Gasteiger partial charge is 0.208 e. The average Bonchev–Trinajstić information content (AvgIpc) is 0.767. The van der Waals surface area contributed by atoms with E-state index in [0.717, 1.165) is 136 Å². The van der Waals surface area contributed by atoms with E-state index in [1.165, 1.54) is 80.1 Å². The molecule has 0 saturated carbocycles. The third kappa shape index (κ3) is 12.0. The minimum Gasteiger partial charge on any atom is -0.208 e. The van der Waals surface area contributed by atoms with Crippen molar-refractivity contribution in [3.8, 4) is 146 Å². The highest BCUT2D eigenvalue weighted by atomic mass is 32.1. The quantitative estimate of drug-likeness (QED) is 0.107. The maximum Gasteiger partial charge on any atom is 0.165 e. The molecule has 0 atom stereocenters. The van der Waals surface area contributed by atoms with Gasteiger partial charge in [0.15, 0.2) is 34.9 Å². The van der Waals surface area contributed by atoms with Crippen LogP contribution in [-0.2, 0) is 0 Å². The molecule has 4 aromatic heterocycles.